The van der Waals surface area contributed by atoms with E-state index in [1.54, 1.807) is 6.07 Å². The lowest BCUT2D eigenvalue weighted by atomic mass is 10.1. The molecule has 15 heavy (non-hydrogen) atoms. The number of carboxylic acids is 1. The van der Waals surface area contributed by atoms with Crippen LogP contribution in [0.5, 0.6) is 0 Å². The molecule has 0 fully saturated rings. The Balaban J connectivity index is 2.58. The zero-order valence-electron chi connectivity index (χ0n) is 8.20. The van der Waals surface area contributed by atoms with Crippen LogP contribution in [0.2, 0.25) is 5.02 Å². The largest absolute Gasteiger partial charge is 0.481 e. The molecule has 78 valence electrons. The summed E-state index contributed by atoms with van der Waals surface area (Å²) < 4.78 is 1.92. The summed E-state index contributed by atoms with van der Waals surface area (Å²) >= 11 is 6.08. The quantitative estimate of drug-likeness (QED) is 0.850. The highest BCUT2D eigenvalue weighted by Gasteiger charge is 2.07. The van der Waals surface area contributed by atoms with Crippen LogP contribution in [-0.4, -0.2) is 15.6 Å². The molecule has 4 heteroatoms. The van der Waals surface area contributed by atoms with Gasteiger partial charge < -0.3 is 9.67 Å². The molecule has 1 aromatic carbocycles. The molecule has 0 unspecified atom stereocenters. The molecule has 1 aromatic heterocycles. The molecular formula is C11H10ClNO2. The Hall–Kier alpha value is -1.48. The summed E-state index contributed by atoms with van der Waals surface area (Å²) in [7, 11) is 1.91. The predicted octanol–water partition coefficient (Wildman–Crippen LogP) is 2.46. The first-order chi connectivity index (χ1) is 7.08. The number of aromatic nitrogens is 1. The number of rotatable bonds is 2. The molecule has 1 N–H and O–H groups in total. The lowest BCUT2D eigenvalue weighted by molar-refractivity contribution is -0.136. The molecule has 0 aliphatic rings. The first kappa shape index (κ1) is 10.1. The molecular weight excluding hydrogens is 214 g/mol. The molecule has 0 spiro atoms. The van der Waals surface area contributed by atoms with Crippen molar-refractivity contribution in [2.75, 3.05) is 0 Å². The summed E-state index contributed by atoms with van der Waals surface area (Å²) in [5, 5.41) is 10.3. The first-order valence-electron chi connectivity index (χ1n) is 4.53. The Labute approximate surface area is 91.9 Å². The van der Waals surface area contributed by atoms with Crippen molar-refractivity contribution in [2.24, 2.45) is 7.05 Å². The minimum Gasteiger partial charge on any atom is -0.481 e. The molecule has 0 saturated carbocycles. The number of nitrogens with zero attached hydrogens (tertiary/aromatic N) is 1. The number of hydrogen-bond donors (Lipinski definition) is 1. The normalized spacial score (nSPS) is 10.8. The van der Waals surface area contributed by atoms with Gasteiger partial charge in [-0.15, -0.1) is 0 Å². The van der Waals surface area contributed by atoms with Gasteiger partial charge in [-0.1, -0.05) is 11.6 Å². The Morgan fingerprint density at radius 3 is 2.93 bits per heavy atom. The van der Waals surface area contributed by atoms with E-state index in [1.165, 1.54) is 0 Å². The summed E-state index contributed by atoms with van der Waals surface area (Å²) in [6, 6.07) is 5.49. The van der Waals surface area contributed by atoms with Crippen LogP contribution in [0, 0.1) is 0 Å². The third-order valence-corrected chi connectivity index (χ3v) is 2.63. The van der Waals surface area contributed by atoms with Crippen LogP contribution < -0.4 is 0 Å². The van der Waals surface area contributed by atoms with E-state index in [2.05, 4.69) is 0 Å². The minimum absolute atomic E-state index is 0.00452. The number of fused-ring (bicyclic) bond motifs is 1. The molecule has 1 heterocycles. The van der Waals surface area contributed by atoms with Gasteiger partial charge in [0.25, 0.3) is 0 Å². The molecule has 0 aliphatic heterocycles. The van der Waals surface area contributed by atoms with E-state index in [1.807, 2.05) is 29.9 Å². The summed E-state index contributed by atoms with van der Waals surface area (Å²) in [6.07, 6.45) is 1.91. The van der Waals surface area contributed by atoms with Crippen molar-refractivity contribution < 1.29 is 9.90 Å². The van der Waals surface area contributed by atoms with Gasteiger partial charge in [-0.2, -0.15) is 0 Å². The van der Waals surface area contributed by atoms with Gasteiger partial charge in [0.15, 0.2) is 0 Å². The van der Waals surface area contributed by atoms with Crippen LogP contribution in [0.15, 0.2) is 24.4 Å². The monoisotopic (exact) mass is 223 g/mol. The molecule has 0 amide bonds. The van der Waals surface area contributed by atoms with E-state index < -0.39 is 5.97 Å². The third-order valence-electron chi connectivity index (χ3n) is 2.34. The van der Waals surface area contributed by atoms with Crippen molar-refractivity contribution >= 4 is 28.5 Å². The second-order valence-electron chi connectivity index (χ2n) is 3.51. The predicted molar refractivity (Wildman–Crippen MR) is 59.3 cm³/mol. The fourth-order valence-corrected chi connectivity index (χ4v) is 2.10. The maximum absolute atomic E-state index is 10.6. The fourth-order valence-electron chi connectivity index (χ4n) is 1.72. The van der Waals surface area contributed by atoms with Gasteiger partial charge in [0.2, 0.25) is 0 Å². The number of hydrogen-bond acceptors (Lipinski definition) is 1. The average Bonchev–Trinajstić information content (AvgIpc) is 2.46. The highest BCUT2D eigenvalue weighted by molar-refractivity contribution is 6.35. The average molecular weight is 224 g/mol. The fraction of sp³-hybridized carbons (Fsp3) is 0.182. The van der Waals surface area contributed by atoms with Crippen LogP contribution in [0.1, 0.15) is 5.56 Å². The highest BCUT2D eigenvalue weighted by atomic mass is 35.5. The number of benzene rings is 1. The lowest BCUT2D eigenvalue weighted by Crippen LogP contribution is -2.00. The van der Waals surface area contributed by atoms with Crippen molar-refractivity contribution in [3.05, 3.63) is 35.0 Å². The third kappa shape index (κ3) is 1.83. The summed E-state index contributed by atoms with van der Waals surface area (Å²) in [6.45, 7) is 0. The van der Waals surface area contributed by atoms with E-state index in [4.69, 9.17) is 16.7 Å². The molecule has 0 radical (unpaired) electrons. The topological polar surface area (TPSA) is 42.2 Å². The number of aliphatic carboxylic acids is 1. The summed E-state index contributed by atoms with van der Waals surface area (Å²) in [4.78, 5) is 10.6. The van der Waals surface area contributed by atoms with Crippen LogP contribution in [0.25, 0.3) is 10.9 Å². The first-order valence-corrected chi connectivity index (χ1v) is 4.91. The van der Waals surface area contributed by atoms with E-state index in [0.717, 1.165) is 16.5 Å². The summed E-state index contributed by atoms with van der Waals surface area (Å²) in [5.41, 5.74) is 1.66. The molecule has 0 atom stereocenters. The Morgan fingerprint density at radius 2 is 2.27 bits per heavy atom. The second kappa shape index (κ2) is 3.59. The van der Waals surface area contributed by atoms with Gasteiger partial charge in [-0.3, -0.25) is 4.79 Å². The van der Waals surface area contributed by atoms with E-state index in [9.17, 15) is 4.79 Å². The molecule has 2 rings (SSSR count). The lowest BCUT2D eigenvalue weighted by Gasteiger charge is -2.02. The SMILES string of the molecule is Cn1ccc2cc(CC(=O)O)cc(Cl)c21. The smallest absolute Gasteiger partial charge is 0.307 e. The second-order valence-corrected chi connectivity index (χ2v) is 3.92. The van der Waals surface area contributed by atoms with Crippen molar-refractivity contribution in [2.45, 2.75) is 6.42 Å². The molecule has 0 saturated heterocycles. The molecule has 2 aromatic rings. The van der Waals surface area contributed by atoms with Gasteiger partial charge in [-0.25, -0.2) is 0 Å². The van der Waals surface area contributed by atoms with Crippen molar-refractivity contribution in [1.29, 1.82) is 0 Å². The summed E-state index contributed by atoms with van der Waals surface area (Å²) in [5.74, 6) is -0.846. The number of halogens is 1. The van der Waals surface area contributed by atoms with Gasteiger partial charge in [-0.05, 0) is 23.8 Å². The zero-order valence-corrected chi connectivity index (χ0v) is 8.95. The Bertz CT molecular complexity index is 531. The zero-order chi connectivity index (χ0) is 11.0. The van der Waals surface area contributed by atoms with E-state index in [-0.39, 0.29) is 6.42 Å². The number of carboxylic acid groups (broad SMARTS) is 1. The van der Waals surface area contributed by atoms with Crippen LogP contribution in [-0.2, 0) is 18.3 Å². The van der Waals surface area contributed by atoms with Crippen LogP contribution in [0.4, 0.5) is 0 Å². The molecule has 0 aliphatic carbocycles. The Kier molecular flexibility index (Phi) is 2.40. The van der Waals surface area contributed by atoms with Crippen molar-refractivity contribution in [1.82, 2.24) is 4.57 Å². The van der Waals surface area contributed by atoms with Gasteiger partial charge in [0.1, 0.15) is 0 Å². The van der Waals surface area contributed by atoms with Gasteiger partial charge in [0.05, 0.1) is 17.0 Å². The van der Waals surface area contributed by atoms with E-state index in [0.29, 0.717) is 5.02 Å². The Morgan fingerprint density at radius 1 is 1.53 bits per heavy atom. The van der Waals surface area contributed by atoms with Gasteiger partial charge in [0, 0.05) is 18.6 Å². The molecule has 3 nitrogen and oxygen atoms in total. The molecule has 0 bridgehead atoms. The van der Waals surface area contributed by atoms with Crippen LogP contribution >= 0.6 is 11.6 Å². The van der Waals surface area contributed by atoms with Crippen molar-refractivity contribution in [3.63, 3.8) is 0 Å². The maximum Gasteiger partial charge on any atom is 0.307 e. The highest BCUT2D eigenvalue weighted by Crippen LogP contribution is 2.26. The van der Waals surface area contributed by atoms with E-state index >= 15 is 0 Å². The van der Waals surface area contributed by atoms with Crippen LogP contribution in [0.3, 0.4) is 0 Å². The van der Waals surface area contributed by atoms with Crippen molar-refractivity contribution in [3.8, 4) is 0 Å². The minimum atomic E-state index is -0.846. The number of aryl methyl sites for hydroxylation is 1. The van der Waals surface area contributed by atoms with Gasteiger partial charge >= 0.3 is 5.97 Å². The standard InChI is InChI=1S/C11H10ClNO2/c1-13-3-2-8-4-7(6-10(14)15)5-9(12)11(8)13/h2-5H,6H2,1H3,(H,14,15). The number of carbonyl (C=O) groups is 1. The maximum atomic E-state index is 10.6.